The molecule has 2 aromatic carbocycles. The number of fused-ring (bicyclic) bond motifs is 1. The Hall–Kier alpha value is -5.23. The van der Waals surface area contributed by atoms with Crippen molar-refractivity contribution in [2.24, 2.45) is 5.73 Å². The first kappa shape index (κ1) is 28.3. The molecular formula is C30H33N9O3. The zero-order valence-corrected chi connectivity index (χ0v) is 22.8. The highest BCUT2D eigenvalue weighted by Gasteiger charge is 2.29. The molecule has 3 amide bonds. The molecule has 0 aliphatic carbocycles. The van der Waals surface area contributed by atoms with Gasteiger partial charge in [0.05, 0.1) is 18.7 Å². The number of rotatable bonds is 13. The average Bonchev–Trinajstić information content (AvgIpc) is 3.79. The normalized spacial score (nSPS) is 13.3. The molecule has 0 spiro atoms. The molecular weight excluding hydrogens is 534 g/mol. The standard InChI is InChI=1S/C30H33N9O3/c31-24(11-21-15-32-17-36-21)28(40)38-26(10-20-14-34-25-9-5-4-8-23(20)25)30(42)39-27(12-22-16-33-18-37-22)29(41)35-13-19-6-2-1-3-7-19/h1-9,14-18,24,26-27,34H,10-13,31H2,(H,32,36)(H,33,37)(H,35,41)(H,38,40)(H,39,42)/t24-,26-,27-/m0/s1. The number of para-hydroxylation sites is 1. The predicted octanol–water partition coefficient (Wildman–Crippen LogP) is 1.26. The van der Waals surface area contributed by atoms with Crippen molar-refractivity contribution in [3.05, 3.63) is 108 Å². The minimum Gasteiger partial charge on any atom is -0.361 e. The molecule has 0 fully saturated rings. The molecule has 0 aliphatic rings. The van der Waals surface area contributed by atoms with Gasteiger partial charge in [-0.25, -0.2) is 9.97 Å². The third-order valence-electron chi connectivity index (χ3n) is 6.98. The fourth-order valence-corrected chi connectivity index (χ4v) is 4.74. The summed E-state index contributed by atoms with van der Waals surface area (Å²) in [6.07, 6.45) is 8.61. The number of carbonyl (C=O) groups excluding carboxylic acids is 3. The Bertz CT molecular complexity index is 1600. The summed E-state index contributed by atoms with van der Waals surface area (Å²) in [5.74, 6) is -1.38. The van der Waals surface area contributed by atoms with Gasteiger partial charge in [0.2, 0.25) is 17.7 Å². The van der Waals surface area contributed by atoms with Crippen LogP contribution in [0.3, 0.4) is 0 Å². The van der Waals surface area contributed by atoms with E-state index in [9.17, 15) is 14.4 Å². The second-order valence-corrected chi connectivity index (χ2v) is 10.1. The lowest BCUT2D eigenvalue weighted by molar-refractivity contribution is -0.132. The van der Waals surface area contributed by atoms with Crippen molar-refractivity contribution < 1.29 is 14.4 Å². The first-order valence-electron chi connectivity index (χ1n) is 13.6. The summed E-state index contributed by atoms with van der Waals surface area (Å²) < 4.78 is 0. The molecule has 0 saturated carbocycles. The lowest BCUT2D eigenvalue weighted by Gasteiger charge is -2.24. The minimum atomic E-state index is -1.00. The van der Waals surface area contributed by atoms with E-state index in [0.29, 0.717) is 17.9 Å². The van der Waals surface area contributed by atoms with Crippen molar-refractivity contribution in [3.8, 4) is 0 Å². The van der Waals surface area contributed by atoms with Crippen molar-refractivity contribution in [3.63, 3.8) is 0 Å². The van der Waals surface area contributed by atoms with Gasteiger partial charge in [0.15, 0.2) is 0 Å². The van der Waals surface area contributed by atoms with Gasteiger partial charge >= 0.3 is 0 Å². The van der Waals surface area contributed by atoms with Crippen molar-refractivity contribution in [2.75, 3.05) is 0 Å². The Morgan fingerprint density at radius 3 is 2.10 bits per heavy atom. The van der Waals surface area contributed by atoms with E-state index in [4.69, 9.17) is 5.73 Å². The Kier molecular flexibility index (Phi) is 9.04. The summed E-state index contributed by atoms with van der Waals surface area (Å²) >= 11 is 0. The van der Waals surface area contributed by atoms with Crippen molar-refractivity contribution in [1.82, 2.24) is 40.9 Å². The first-order valence-corrected chi connectivity index (χ1v) is 13.6. The quantitative estimate of drug-likeness (QED) is 0.112. The van der Waals surface area contributed by atoms with Gasteiger partial charge < -0.3 is 36.6 Å². The highest BCUT2D eigenvalue weighted by Crippen LogP contribution is 2.19. The number of aromatic nitrogens is 5. The van der Waals surface area contributed by atoms with Crippen LogP contribution in [0.5, 0.6) is 0 Å². The number of hydrogen-bond donors (Lipinski definition) is 7. The van der Waals surface area contributed by atoms with E-state index in [1.165, 1.54) is 12.7 Å². The molecule has 12 nitrogen and oxygen atoms in total. The smallest absolute Gasteiger partial charge is 0.243 e. The Morgan fingerprint density at radius 2 is 1.38 bits per heavy atom. The van der Waals surface area contributed by atoms with Crippen LogP contribution in [0.15, 0.2) is 85.8 Å². The summed E-state index contributed by atoms with van der Waals surface area (Å²) in [7, 11) is 0. The number of carbonyl (C=O) groups is 3. The Labute approximate surface area is 241 Å². The average molecular weight is 568 g/mol. The van der Waals surface area contributed by atoms with E-state index >= 15 is 0 Å². The number of aromatic amines is 3. The van der Waals surface area contributed by atoms with Crippen LogP contribution >= 0.6 is 0 Å². The molecule has 0 aliphatic heterocycles. The van der Waals surface area contributed by atoms with Crippen LogP contribution < -0.4 is 21.7 Å². The topological polar surface area (TPSA) is 186 Å². The summed E-state index contributed by atoms with van der Waals surface area (Å²) in [5.41, 5.74) is 10.2. The zero-order valence-electron chi connectivity index (χ0n) is 22.8. The van der Waals surface area contributed by atoms with Crippen LogP contribution in [0, 0.1) is 0 Å². The Morgan fingerprint density at radius 1 is 0.738 bits per heavy atom. The van der Waals surface area contributed by atoms with Gasteiger partial charge in [-0.1, -0.05) is 48.5 Å². The maximum atomic E-state index is 13.8. The van der Waals surface area contributed by atoms with Crippen LogP contribution in [0.4, 0.5) is 0 Å². The maximum absolute atomic E-state index is 13.8. The van der Waals surface area contributed by atoms with Gasteiger partial charge in [-0.05, 0) is 17.2 Å². The van der Waals surface area contributed by atoms with Crippen LogP contribution in [-0.4, -0.2) is 60.8 Å². The van der Waals surface area contributed by atoms with Crippen LogP contribution in [0.2, 0.25) is 0 Å². The molecule has 3 aromatic heterocycles. The van der Waals surface area contributed by atoms with Gasteiger partial charge in [0.1, 0.15) is 12.1 Å². The molecule has 0 unspecified atom stereocenters. The lowest BCUT2D eigenvalue weighted by Crippen LogP contribution is -2.57. The third-order valence-corrected chi connectivity index (χ3v) is 6.98. The largest absolute Gasteiger partial charge is 0.361 e. The van der Waals surface area contributed by atoms with Gasteiger partial charge in [0, 0.05) is 66.7 Å². The van der Waals surface area contributed by atoms with E-state index in [-0.39, 0.29) is 25.2 Å². The molecule has 0 bridgehead atoms. The minimum absolute atomic E-state index is 0.180. The fraction of sp³-hybridized carbons (Fsp3) is 0.233. The molecule has 3 atom stereocenters. The summed E-state index contributed by atoms with van der Waals surface area (Å²) in [6, 6.07) is 14.3. The lowest BCUT2D eigenvalue weighted by atomic mass is 10.0. The van der Waals surface area contributed by atoms with Gasteiger partial charge in [-0.2, -0.15) is 0 Å². The number of hydrogen-bond acceptors (Lipinski definition) is 6. The fourth-order valence-electron chi connectivity index (χ4n) is 4.74. The molecule has 8 N–H and O–H groups in total. The molecule has 0 radical (unpaired) electrons. The van der Waals surface area contributed by atoms with Gasteiger partial charge in [0.25, 0.3) is 0 Å². The van der Waals surface area contributed by atoms with Crippen LogP contribution in [-0.2, 0) is 40.2 Å². The molecule has 42 heavy (non-hydrogen) atoms. The number of nitrogens with one attached hydrogen (secondary N) is 6. The number of nitrogens with two attached hydrogens (primary N) is 1. The van der Waals surface area contributed by atoms with Gasteiger partial charge in [-0.3, -0.25) is 14.4 Å². The van der Waals surface area contributed by atoms with Crippen LogP contribution in [0.25, 0.3) is 10.9 Å². The summed E-state index contributed by atoms with van der Waals surface area (Å²) in [5, 5.41) is 9.51. The van der Waals surface area contributed by atoms with Crippen molar-refractivity contribution in [2.45, 2.75) is 43.9 Å². The molecule has 5 aromatic rings. The number of nitrogens with zero attached hydrogens (tertiary/aromatic N) is 2. The SMILES string of the molecule is N[C@@H](Cc1cnc[nH]1)C(=O)N[C@@H](Cc1c[nH]c2ccccc12)C(=O)N[C@@H](Cc1cnc[nH]1)C(=O)NCc1ccccc1. The third kappa shape index (κ3) is 7.29. The molecule has 12 heteroatoms. The molecule has 0 saturated heterocycles. The van der Waals surface area contributed by atoms with E-state index in [2.05, 4.69) is 40.9 Å². The Balaban J connectivity index is 1.34. The first-order chi connectivity index (χ1) is 20.5. The van der Waals surface area contributed by atoms with E-state index in [0.717, 1.165) is 22.0 Å². The number of amides is 3. The molecule has 216 valence electrons. The highest BCUT2D eigenvalue weighted by molar-refractivity contribution is 5.94. The highest BCUT2D eigenvalue weighted by atomic mass is 16.2. The second-order valence-electron chi connectivity index (χ2n) is 10.1. The summed E-state index contributed by atoms with van der Waals surface area (Å²) in [6.45, 7) is 0.299. The summed E-state index contributed by atoms with van der Waals surface area (Å²) in [4.78, 5) is 57.4. The second kappa shape index (κ2) is 13.4. The van der Waals surface area contributed by atoms with Crippen molar-refractivity contribution >= 4 is 28.6 Å². The number of imidazole rings is 2. The molecule has 5 rings (SSSR count). The van der Waals surface area contributed by atoms with E-state index < -0.39 is 29.9 Å². The monoisotopic (exact) mass is 567 g/mol. The maximum Gasteiger partial charge on any atom is 0.243 e. The van der Waals surface area contributed by atoms with Gasteiger partial charge in [-0.15, -0.1) is 0 Å². The van der Waals surface area contributed by atoms with Crippen molar-refractivity contribution in [1.29, 1.82) is 0 Å². The van der Waals surface area contributed by atoms with E-state index in [1.54, 1.807) is 12.4 Å². The number of benzene rings is 2. The zero-order chi connectivity index (χ0) is 29.3. The molecule has 3 heterocycles. The number of H-pyrrole nitrogens is 3. The van der Waals surface area contributed by atoms with E-state index in [1.807, 2.05) is 60.8 Å². The van der Waals surface area contributed by atoms with Crippen LogP contribution in [0.1, 0.15) is 22.5 Å². The predicted molar refractivity (Wildman–Crippen MR) is 157 cm³/mol.